The predicted molar refractivity (Wildman–Crippen MR) is 71.6 cm³/mol. The highest BCUT2D eigenvalue weighted by atomic mass is 16.5. The number of aliphatic hydroxyl groups is 1. The third-order valence-electron chi connectivity index (χ3n) is 2.13. The number of rotatable bonds is 6. The molecule has 3 nitrogen and oxygen atoms in total. The first-order chi connectivity index (χ1) is 8.72. The van der Waals surface area contributed by atoms with Crippen molar-refractivity contribution in [3.05, 3.63) is 29.8 Å². The van der Waals surface area contributed by atoms with Crippen molar-refractivity contribution in [3.8, 4) is 17.6 Å². The van der Waals surface area contributed by atoms with Crippen LogP contribution in [0.25, 0.3) is 0 Å². The summed E-state index contributed by atoms with van der Waals surface area (Å²) in [7, 11) is 0. The highest BCUT2D eigenvalue weighted by Gasteiger charge is 1.95. The largest absolute Gasteiger partial charge is 0.491 e. The van der Waals surface area contributed by atoms with Crippen LogP contribution < -0.4 is 4.74 Å². The lowest BCUT2D eigenvalue weighted by Gasteiger charge is -2.09. The predicted octanol–water partition coefficient (Wildman–Crippen LogP) is 2.22. The molecule has 0 saturated heterocycles. The van der Waals surface area contributed by atoms with E-state index in [2.05, 4.69) is 11.8 Å². The van der Waals surface area contributed by atoms with Crippen molar-refractivity contribution in [1.29, 1.82) is 0 Å². The first-order valence-corrected chi connectivity index (χ1v) is 6.16. The molecule has 0 bridgehead atoms. The first-order valence-electron chi connectivity index (χ1n) is 6.16. The summed E-state index contributed by atoms with van der Waals surface area (Å²) in [6.07, 6.45) is 0.739. The molecule has 0 amide bonds. The molecule has 18 heavy (non-hydrogen) atoms. The van der Waals surface area contributed by atoms with Gasteiger partial charge in [-0.15, -0.1) is 0 Å². The summed E-state index contributed by atoms with van der Waals surface area (Å²) >= 11 is 0. The van der Waals surface area contributed by atoms with E-state index in [0.29, 0.717) is 19.6 Å². The fourth-order valence-corrected chi connectivity index (χ4v) is 1.30. The average Bonchev–Trinajstić information content (AvgIpc) is 2.36. The summed E-state index contributed by atoms with van der Waals surface area (Å²) in [4.78, 5) is 0. The summed E-state index contributed by atoms with van der Waals surface area (Å²) in [5, 5.41) is 8.61. The molecule has 0 fully saturated rings. The van der Waals surface area contributed by atoms with Crippen LogP contribution in [0.2, 0.25) is 0 Å². The van der Waals surface area contributed by atoms with Gasteiger partial charge in [-0.2, -0.15) is 0 Å². The summed E-state index contributed by atoms with van der Waals surface area (Å²) < 4.78 is 10.9. The smallest absolute Gasteiger partial charge is 0.119 e. The molecule has 1 aromatic carbocycles. The summed E-state index contributed by atoms with van der Waals surface area (Å²) in [6, 6.07) is 7.59. The minimum Gasteiger partial charge on any atom is -0.491 e. The Morgan fingerprint density at radius 1 is 1.17 bits per heavy atom. The van der Waals surface area contributed by atoms with Crippen LogP contribution in [0, 0.1) is 11.8 Å². The Morgan fingerprint density at radius 3 is 2.50 bits per heavy atom. The van der Waals surface area contributed by atoms with Gasteiger partial charge in [-0.3, -0.25) is 0 Å². The van der Waals surface area contributed by atoms with Crippen LogP contribution >= 0.6 is 0 Å². The second kappa shape index (κ2) is 8.57. The van der Waals surface area contributed by atoms with Gasteiger partial charge in [-0.05, 0) is 38.1 Å². The van der Waals surface area contributed by atoms with Gasteiger partial charge < -0.3 is 14.6 Å². The standard InChI is InChI=1S/C15H20O3/c1-13(2)17-11-12-18-15-8-6-14(7-9-15)5-3-4-10-16/h6-9,13,16H,4,10-12H2,1-2H3. The lowest BCUT2D eigenvalue weighted by molar-refractivity contribution is 0.0553. The molecule has 0 atom stereocenters. The molecule has 0 aliphatic heterocycles. The molecule has 1 rings (SSSR count). The van der Waals surface area contributed by atoms with Crippen LogP contribution in [0.5, 0.6) is 5.75 Å². The van der Waals surface area contributed by atoms with Gasteiger partial charge in [-0.25, -0.2) is 0 Å². The normalized spacial score (nSPS) is 10.0. The van der Waals surface area contributed by atoms with Gasteiger partial charge in [0.2, 0.25) is 0 Å². The van der Waals surface area contributed by atoms with Crippen LogP contribution in [0.15, 0.2) is 24.3 Å². The monoisotopic (exact) mass is 248 g/mol. The SMILES string of the molecule is CC(C)OCCOc1ccc(C#CCCO)cc1. The van der Waals surface area contributed by atoms with Gasteiger partial charge in [0, 0.05) is 12.0 Å². The van der Waals surface area contributed by atoms with E-state index < -0.39 is 0 Å². The number of hydrogen-bond donors (Lipinski definition) is 1. The van der Waals surface area contributed by atoms with E-state index in [-0.39, 0.29) is 12.7 Å². The number of ether oxygens (including phenoxy) is 2. The van der Waals surface area contributed by atoms with E-state index >= 15 is 0 Å². The van der Waals surface area contributed by atoms with Crippen molar-refractivity contribution in [2.75, 3.05) is 19.8 Å². The van der Waals surface area contributed by atoms with Crippen LogP contribution in [-0.4, -0.2) is 31.0 Å². The molecule has 0 spiro atoms. The topological polar surface area (TPSA) is 38.7 Å². The lowest BCUT2D eigenvalue weighted by atomic mass is 10.2. The van der Waals surface area contributed by atoms with Crippen LogP contribution in [0.4, 0.5) is 0 Å². The van der Waals surface area contributed by atoms with Crippen molar-refractivity contribution in [1.82, 2.24) is 0 Å². The summed E-state index contributed by atoms with van der Waals surface area (Å²) in [5.74, 6) is 6.65. The maximum atomic E-state index is 8.61. The molecule has 0 radical (unpaired) electrons. The zero-order valence-corrected chi connectivity index (χ0v) is 11.0. The minimum absolute atomic E-state index is 0.101. The first kappa shape index (κ1) is 14.6. The molecule has 3 heteroatoms. The Balaban J connectivity index is 2.34. The molecule has 1 N–H and O–H groups in total. The zero-order valence-electron chi connectivity index (χ0n) is 11.0. The van der Waals surface area contributed by atoms with E-state index in [0.717, 1.165) is 11.3 Å². The van der Waals surface area contributed by atoms with Gasteiger partial charge in [0.15, 0.2) is 0 Å². The third-order valence-corrected chi connectivity index (χ3v) is 2.13. The second-order valence-corrected chi connectivity index (χ2v) is 4.07. The van der Waals surface area contributed by atoms with Crippen molar-refractivity contribution in [3.63, 3.8) is 0 Å². The Bertz CT molecular complexity index is 384. The van der Waals surface area contributed by atoms with E-state index in [4.69, 9.17) is 14.6 Å². The van der Waals surface area contributed by atoms with Crippen molar-refractivity contribution >= 4 is 0 Å². The van der Waals surface area contributed by atoms with Gasteiger partial charge in [-0.1, -0.05) is 11.8 Å². The van der Waals surface area contributed by atoms with Crippen molar-refractivity contribution in [2.45, 2.75) is 26.4 Å². The van der Waals surface area contributed by atoms with Gasteiger partial charge >= 0.3 is 0 Å². The third kappa shape index (κ3) is 6.29. The molecule has 0 aliphatic carbocycles. The molecule has 0 saturated carbocycles. The van der Waals surface area contributed by atoms with Gasteiger partial charge in [0.05, 0.1) is 19.3 Å². The van der Waals surface area contributed by atoms with Crippen molar-refractivity contribution < 1.29 is 14.6 Å². The molecular weight excluding hydrogens is 228 g/mol. The van der Waals surface area contributed by atoms with Crippen LogP contribution in [0.1, 0.15) is 25.8 Å². The molecule has 1 aromatic rings. The second-order valence-electron chi connectivity index (χ2n) is 4.07. The lowest BCUT2D eigenvalue weighted by Crippen LogP contribution is -2.11. The Morgan fingerprint density at radius 2 is 1.89 bits per heavy atom. The molecule has 98 valence electrons. The quantitative estimate of drug-likeness (QED) is 0.619. The highest BCUT2D eigenvalue weighted by molar-refractivity contribution is 5.38. The fourth-order valence-electron chi connectivity index (χ4n) is 1.30. The van der Waals surface area contributed by atoms with Gasteiger partial charge in [0.1, 0.15) is 12.4 Å². The zero-order chi connectivity index (χ0) is 13.2. The van der Waals surface area contributed by atoms with Crippen LogP contribution in [0.3, 0.4) is 0 Å². The number of benzene rings is 1. The Hall–Kier alpha value is -1.50. The van der Waals surface area contributed by atoms with Crippen molar-refractivity contribution in [2.24, 2.45) is 0 Å². The summed E-state index contributed by atoms with van der Waals surface area (Å²) in [6.45, 7) is 5.24. The maximum Gasteiger partial charge on any atom is 0.119 e. The van der Waals surface area contributed by atoms with E-state index in [1.165, 1.54) is 0 Å². The minimum atomic E-state index is 0.101. The molecule has 0 unspecified atom stereocenters. The maximum absolute atomic E-state index is 8.61. The number of hydrogen-bond acceptors (Lipinski definition) is 3. The Labute approximate surface area is 109 Å². The molecule has 0 aliphatic rings. The summed E-state index contributed by atoms with van der Waals surface area (Å²) in [5.41, 5.74) is 0.925. The van der Waals surface area contributed by atoms with Crippen LogP contribution in [-0.2, 0) is 4.74 Å². The van der Waals surface area contributed by atoms with E-state index in [1.54, 1.807) is 0 Å². The van der Waals surface area contributed by atoms with E-state index in [1.807, 2.05) is 38.1 Å². The highest BCUT2D eigenvalue weighted by Crippen LogP contribution is 2.11. The fraction of sp³-hybridized carbons (Fsp3) is 0.467. The van der Waals surface area contributed by atoms with Gasteiger partial charge in [0.25, 0.3) is 0 Å². The molecule has 0 aromatic heterocycles. The molecule has 0 heterocycles. The molecular formula is C15H20O3. The number of aliphatic hydroxyl groups excluding tert-OH is 1. The Kier molecular flexibility index (Phi) is 6.93. The van der Waals surface area contributed by atoms with E-state index in [9.17, 15) is 0 Å². The average molecular weight is 248 g/mol.